The quantitative estimate of drug-likeness (QED) is 0.669. The smallest absolute Gasteiger partial charge is 0.348 e. The molecule has 8 heteroatoms. The van der Waals surface area contributed by atoms with Gasteiger partial charge in [0.25, 0.3) is 0 Å². The first-order chi connectivity index (χ1) is 12.7. The van der Waals surface area contributed by atoms with Gasteiger partial charge in [-0.25, -0.2) is 14.8 Å². The van der Waals surface area contributed by atoms with E-state index in [2.05, 4.69) is 25.3 Å². The van der Waals surface area contributed by atoms with Crippen molar-refractivity contribution in [3.63, 3.8) is 0 Å². The van der Waals surface area contributed by atoms with Crippen LogP contribution in [-0.4, -0.2) is 40.7 Å². The number of hydrogen-bond donors (Lipinski definition) is 2. The highest BCUT2D eigenvalue weighted by molar-refractivity contribution is 5.58. The van der Waals surface area contributed by atoms with Crippen LogP contribution in [0.1, 0.15) is 5.56 Å². The molecule has 134 valence electrons. The zero-order valence-corrected chi connectivity index (χ0v) is 14.5. The molecule has 1 aromatic carbocycles. The Balaban J connectivity index is 1.65. The van der Waals surface area contributed by atoms with E-state index in [1.807, 2.05) is 24.3 Å². The van der Waals surface area contributed by atoms with Crippen molar-refractivity contribution in [3.8, 4) is 22.9 Å². The van der Waals surface area contributed by atoms with E-state index >= 15 is 0 Å². The summed E-state index contributed by atoms with van der Waals surface area (Å²) < 4.78 is 10.6. The van der Waals surface area contributed by atoms with Gasteiger partial charge in [-0.15, -0.1) is 0 Å². The fourth-order valence-electron chi connectivity index (χ4n) is 2.50. The van der Waals surface area contributed by atoms with E-state index in [1.54, 1.807) is 26.5 Å². The Labute approximate surface area is 150 Å². The van der Waals surface area contributed by atoms with E-state index in [4.69, 9.17) is 9.47 Å². The summed E-state index contributed by atoms with van der Waals surface area (Å²) >= 11 is 0. The van der Waals surface area contributed by atoms with Crippen LogP contribution in [-0.2, 0) is 6.42 Å². The maximum absolute atomic E-state index is 11.3. The molecule has 3 aromatic rings. The van der Waals surface area contributed by atoms with Crippen molar-refractivity contribution in [3.05, 3.63) is 58.9 Å². The van der Waals surface area contributed by atoms with Crippen LogP contribution in [0.4, 0.5) is 5.82 Å². The molecule has 2 heterocycles. The van der Waals surface area contributed by atoms with Crippen molar-refractivity contribution in [1.29, 1.82) is 0 Å². The molecule has 2 N–H and O–H groups in total. The maximum atomic E-state index is 11.3. The number of rotatable bonds is 7. The van der Waals surface area contributed by atoms with Gasteiger partial charge in [0.1, 0.15) is 18.0 Å². The maximum Gasteiger partial charge on any atom is 0.348 e. The van der Waals surface area contributed by atoms with E-state index in [-0.39, 0.29) is 0 Å². The summed E-state index contributed by atoms with van der Waals surface area (Å²) in [4.78, 5) is 25.8. The SMILES string of the molecule is COc1ccc(CCNc2cc(-c3ncnc(=O)[nH]3)ccn2)cc1OC. The zero-order valence-electron chi connectivity index (χ0n) is 14.5. The lowest BCUT2D eigenvalue weighted by atomic mass is 10.1. The molecule has 0 saturated heterocycles. The number of aromatic amines is 1. The van der Waals surface area contributed by atoms with Crippen LogP contribution >= 0.6 is 0 Å². The van der Waals surface area contributed by atoms with Crippen molar-refractivity contribution in [1.82, 2.24) is 19.9 Å². The second kappa shape index (κ2) is 8.11. The Morgan fingerprint density at radius 3 is 2.65 bits per heavy atom. The molecule has 26 heavy (non-hydrogen) atoms. The van der Waals surface area contributed by atoms with Crippen LogP contribution in [0.5, 0.6) is 11.5 Å². The van der Waals surface area contributed by atoms with Crippen molar-refractivity contribution < 1.29 is 9.47 Å². The van der Waals surface area contributed by atoms with Crippen molar-refractivity contribution in [2.24, 2.45) is 0 Å². The average Bonchev–Trinajstić information content (AvgIpc) is 2.68. The second-order valence-electron chi connectivity index (χ2n) is 5.45. The van der Waals surface area contributed by atoms with Gasteiger partial charge in [0.05, 0.1) is 14.2 Å². The lowest BCUT2D eigenvalue weighted by Gasteiger charge is -2.10. The number of nitrogens with zero attached hydrogens (tertiary/aromatic N) is 3. The number of anilines is 1. The first-order valence-electron chi connectivity index (χ1n) is 8.02. The number of nitrogens with one attached hydrogen (secondary N) is 2. The highest BCUT2D eigenvalue weighted by atomic mass is 16.5. The van der Waals surface area contributed by atoms with Crippen molar-refractivity contribution in [2.75, 3.05) is 26.1 Å². The summed E-state index contributed by atoms with van der Waals surface area (Å²) in [5, 5.41) is 3.27. The standard InChI is InChI=1S/C18H19N5O3/c1-25-14-4-3-12(9-15(14)26-2)5-7-19-16-10-13(6-8-20-16)17-21-11-22-18(24)23-17/h3-4,6,8-11H,5,7H2,1-2H3,(H,19,20)(H,21,22,23,24). The molecule has 0 aliphatic rings. The van der Waals surface area contributed by atoms with Crippen LogP contribution in [0.2, 0.25) is 0 Å². The summed E-state index contributed by atoms with van der Waals surface area (Å²) in [5.74, 6) is 2.56. The predicted octanol–water partition coefficient (Wildman–Crippen LogP) is 1.90. The first kappa shape index (κ1) is 17.4. The number of pyridine rings is 1. The van der Waals surface area contributed by atoms with Gasteiger partial charge in [-0.3, -0.25) is 4.98 Å². The highest BCUT2D eigenvalue weighted by Gasteiger charge is 2.06. The molecule has 0 fully saturated rings. The minimum atomic E-state index is -0.435. The van der Waals surface area contributed by atoms with E-state index in [0.29, 0.717) is 29.7 Å². The van der Waals surface area contributed by atoms with Gasteiger partial charge >= 0.3 is 5.69 Å². The summed E-state index contributed by atoms with van der Waals surface area (Å²) in [7, 11) is 3.23. The van der Waals surface area contributed by atoms with Crippen LogP contribution in [0.15, 0.2) is 47.7 Å². The Kier molecular flexibility index (Phi) is 5.43. The topological polar surface area (TPSA) is 102 Å². The van der Waals surface area contributed by atoms with Gasteiger partial charge in [0.15, 0.2) is 11.5 Å². The number of benzene rings is 1. The highest BCUT2D eigenvalue weighted by Crippen LogP contribution is 2.27. The van der Waals surface area contributed by atoms with Crippen molar-refractivity contribution in [2.45, 2.75) is 6.42 Å². The molecule has 2 aromatic heterocycles. The predicted molar refractivity (Wildman–Crippen MR) is 97.6 cm³/mol. The number of aromatic nitrogens is 4. The third kappa shape index (κ3) is 4.15. The molecule has 8 nitrogen and oxygen atoms in total. The molecule has 0 aliphatic carbocycles. The van der Waals surface area contributed by atoms with Gasteiger partial charge < -0.3 is 14.8 Å². The second-order valence-corrected chi connectivity index (χ2v) is 5.45. The molecule has 0 atom stereocenters. The van der Waals surface area contributed by atoms with Crippen LogP contribution in [0.3, 0.4) is 0 Å². The summed E-state index contributed by atoms with van der Waals surface area (Å²) in [6, 6.07) is 9.44. The fourth-order valence-corrected chi connectivity index (χ4v) is 2.50. The Morgan fingerprint density at radius 1 is 1.04 bits per heavy atom. The minimum absolute atomic E-state index is 0.435. The molecule has 0 aliphatic heterocycles. The summed E-state index contributed by atoms with van der Waals surface area (Å²) in [6.07, 6.45) is 3.68. The number of ether oxygens (including phenoxy) is 2. The number of H-pyrrole nitrogens is 1. The monoisotopic (exact) mass is 353 g/mol. The molecule has 0 unspecified atom stereocenters. The Bertz CT molecular complexity index is 942. The third-order valence-corrected chi connectivity index (χ3v) is 3.79. The minimum Gasteiger partial charge on any atom is -0.493 e. The van der Waals surface area contributed by atoms with Crippen LogP contribution in [0.25, 0.3) is 11.4 Å². The molecule has 0 radical (unpaired) electrons. The molecule has 3 rings (SSSR count). The molecule has 0 bridgehead atoms. The van der Waals surface area contributed by atoms with E-state index in [0.717, 1.165) is 17.5 Å². The molecule has 0 spiro atoms. The third-order valence-electron chi connectivity index (χ3n) is 3.79. The molecular weight excluding hydrogens is 334 g/mol. The van der Waals surface area contributed by atoms with Gasteiger partial charge in [0.2, 0.25) is 0 Å². The van der Waals surface area contributed by atoms with Crippen LogP contribution < -0.4 is 20.5 Å². The van der Waals surface area contributed by atoms with Gasteiger partial charge in [0, 0.05) is 18.3 Å². The van der Waals surface area contributed by atoms with Crippen molar-refractivity contribution >= 4 is 5.82 Å². The Morgan fingerprint density at radius 2 is 1.88 bits per heavy atom. The van der Waals surface area contributed by atoms with Crippen LogP contribution in [0, 0.1) is 0 Å². The fraction of sp³-hybridized carbons (Fsp3) is 0.222. The summed E-state index contributed by atoms with van der Waals surface area (Å²) in [6.45, 7) is 0.687. The van der Waals surface area contributed by atoms with Gasteiger partial charge in [-0.1, -0.05) is 6.07 Å². The van der Waals surface area contributed by atoms with Gasteiger partial charge in [-0.2, -0.15) is 4.98 Å². The largest absolute Gasteiger partial charge is 0.493 e. The number of hydrogen-bond acceptors (Lipinski definition) is 7. The van der Waals surface area contributed by atoms with Gasteiger partial charge in [-0.05, 0) is 36.2 Å². The zero-order chi connectivity index (χ0) is 18.4. The lowest BCUT2D eigenvalue weighted by molar-refractivity contribution is 0.354. The Hall–Kier alpha value is -3.42. The normalized spacial score (nSPS) is 10.4. The molecular formula is C18H19N5O3. The van der Waals surface area contributed by atoms with E-state index in [9.17, 15) is 4.79 Å². The molecule has 0 saturated carbocycles. The average molecular weight is 353 g/mol. The number of methoxy groups -OCH3 is 2. The summed E-state index contributed by atoms with van der Waals surface area (Å²) in [5.41, 5.74) is 1.44. The molecule has 0 amide bonds. The first-order valence-corrected chi connectivity index (χ1v) is 8.02. The lowest BCUT2D eigenvalue weighted by Crippen LogP contribution is -2.11. The van der Waals surface area contributed by atoms with E-state index in [1.165, 1.54) is 6.33 Å². The van der Waals surface area contributed by atoms with E-state index < -0.39 is 5.69 Å².